The van der Waals surface area contributed by atoms with Crippen molar-refractivity contribution in [3.05, 3.63) is 192 Å². The third-order valence-electron chi connectivity index (χ3n) is 17.7. The molecule has 12 aromatic rings. The molecule has 0 saturated heterocycles. The molecule has 0 N–H and O–H groups in total. The van der Waals surface area contributed by atoms with Crippen LogP contribution in [0.5, 0.6) is 0 Å². The molecule has 0 aliphatic carbocycles. The fourth-order valence-electron chi connectivity index (χ4n) is 13.2. The highest BCUT2D eigenvalue weighted by molar-refractivity contribution is 6.94. The van der Waals surface area contributed by atoms with Crippen molar-refractivity contribution in [2.45, 2.75) is 131 Å². The van der Waals surface area contributed by atoms with Crippen molar-refractivity contribution in [2.24, 2.45) is 0 Å². The van der Waals surface area contributed by atoms with E-state index in [4.69, 9.17) is 8.83 Å². The number of hydrogen-bond acceptors (Lipinski definition) is 4. The molecule has 80 heavy (non-hydrogen) atoms. The zero-order valence-electron chi connectivity index (χ0n) is 49.3. The first-order chi connectivity index (χ1) is 37.8. The van der Waals surface area contributed by atoms with Gasteiger partial charge < -0.3 is 23.1 Å². The minimum absolute atomic E-state index is 0.0163. The van der Waals surface area contributed by atoms with E-state index in [2.05, 4.69) is 282 Å². The van der Waals surface area contributed by atoms with Gasteiger partial charge in [-0.05, 0) is 156 Å². The molecular formula is C74H72BN3O2. The summed E-state index contributed by atoms with van der Waals surface area (Å²) in [7, 11) is 0. The van der Waals surface area contributed by atoms with Crippen LogP contribution in [0.2, 0.25) is 0 Å². The first-order valence-electron chi connectivity index (χ1n) is 28.9. The average Bonchev–Trinajstić information content (AvgIpc) is 3.58. The van der Waals surface area contributed by atoms with E-state index in [0.717, 1.165) is 77.9 Å². The van der Waals surface area contributed by atoms with Crippen LogP contribution in [0.25, 0.3) is 82.5 Å². The number of para-hydroxylation sites is 1. The van der Waals surface area contributed by atoms with Gasteiger partial charge in [0.1, 0.15) is 22.3 Å². The molecule has 3 aromatic heterocycles. The first-order valence-corrected chi connectivity index (χ1v) is 28.9. The molecule has 5 heterocycles. The van der Waals surface area contributed by atoms with Gasteiger partial charge in [0.05, 0.1) is 16.4 Å². The lowest BCUT2D eigenvalue weighted by Gasteiger charge is -2.42. The summed E-state index contributed by atoms with van der Waals surface area (Å²) in [5, 5.41) is 6.80. The van der Waals surface area contributed by atoms with E-state index in [0.29, 0.717) is 0 Å². The molecule has 9 aromatic carbocycles. The second kappa shape index (κ2) is 16.8. The minimum Gasteiger partial charge on any atom is -0.456 e. The number of benzene rings is 9. The van der Waals surface area contributed by atoms with Gasteiger partial charge in [-0.25, -0.2) is 0 Å². The molecule has 0 fully saturated rings. The second-order valence-electron chi connectivity index (χ2n) is 28.3. The van der Waals surface area contributed by atoms with E-state index in [1.54, 1.807) is 0 Å². The first kappa shape index (κ1) is 50.3. The normalized spacial score (nSPS) is 13.9. The molecule has 0 amide bonds. The predicted octanol–water partition coefficient (Wildman–Crippen LogP) is 19.8. The van der Waals surface area contributed by atoms with Crippen LogP contribution in [0.1, 0.15) is 132 Å². The summed E-state index contributed by atoms with van der Waals surface area (Å²) >= 11 is 0. The molecule has 5 nitrogen and oxygen atoms in total. The third kappa shape index (κ3) is 7.57. The second-order valence-corrected chi connectivity index (χ2v) is 28.3. The van der Waals surface area contributed by atoms with Crippen molar-refractivity contribution in [2.75, 3.05) is 9.71 Å². The zero-order chi connectivity index (χ0) is 55.9. The summed E-state index contributed by atoms with van der Waals surface area (Å²) in [6.07, 6.45) is 0. The highest BCUT2D eigenvalue weighted by atomic mass is 16.3. The van der Waals surface area contributed by atoms with Crippen LogP contribution in [-0.2, 0) is 27.1 Å². The van der Waals surface area contributed by atoms with Crippen LogP contribution in [0, 0.1) is 0 Å². The topological polar surface area (TPSA) is 37.7 Å². The molecule has 0 saturated carbocycles. The highest BCUT2D eigenvalue weighted by Gasteiger charge is 2.47. The lowest BCUT2D eigenvalue weighted by atomic mass is 9.43. The number of nitrogens with zero attached hydrogens (tertiary/aromatic N) is 3. The Morgan fingerprint density at radius 1 is 0.400 bits per heavy atom. The fourth-order valence-corrected chi connectivity index (χ4v) is 13.2. The van der Waals surface area contributed by atoms with Gasteiger partial charge in [-0.3, -0.25) is 0 Å². The van der Waals surface area contributed by atoms with Crippen LogP contribution in [0.15, 0.2) is 173 Å². The molecule has 0 radical (unpaired) electrons. The van der Waals surface area contributed by atoms with Crippen molar-refractivity contribution < 1.29 is 8.83 Å². The standard InChI is InChI=1S/C74H72BN3O2/c1-70(2,3)43-20-28-48(29-21-43)76(49-30-22-44(23-31-49)71(4,5)6)51-34-37-62-53(40-51)54-41-56-60(42-63(54)79-62)78(50-32-24-45(25-33-50)72(7,8)9)75-57-39-47(74(13,14)15)27-36-59(57)77-58-35-26-46(73(10,11)12)38-55(58)66-68(77)67(75)64(56)65-52-18-16-17-19-61(52)80-69(65)66/h16-42H,1-15H3. The molecule has 398 valence electrons. The van der Waals surface area contributed by atoms with E-state index < -0.39 is 0 Å². The van der Waals surface area contributed by atoms with E-state index in [9.17, 15) is 0 Å². The van der Waals surface area contributed by atoms with Gasteiger partial charge in [-0.15, -0.1) is 0 Å². The number of aromatic nitrogens is 1. The van der Waals surface area contributed by atoms with Crippen LogP contribution < -0.4 is 20.6 Å². The summed E-state index contributed by atoms with van der Waals surface area (Å²) in [6, 6.07) is 62.4. The summed E-state index contributed by atoms with van der Waals surface area (Å²) in [5.74, 6) is 0. The molecule has 2 aliphatic rings. The third-order valence-corrected chi connectivity index (χ3v) is 17.7. The van der Waals surface area contributed by atoms with Gasteiger partial charge in [0.2, 0.25) is 0 Å². The number of furan rings is 2. The molecule has 6 heteroatoms. The van der Waals surface area contributed by atoms with Crippen molar-refractivity contribution in [3.63, 3.8) is 0 Å². The van der Waals surface area contributed by atoms with E-state index in [1.165, 1.54) is 71.8 Å². The zero-order valence-corrected chi connectivity index (χ0v) is 49.3. The monoisotopic (exact) mass is 1050 g/mol. The minimum atomic E-state index is -0.203. The largest absolute Gasteiger partial charge is 0.456 e. The molecule has 0 spiro atoms. The smallest absolute Gasteiger partial charge is 0.333 e. The lowest BCUT2D eigenvalue weighted by molar-refractivity contribution is 0.590. The van der Waals surface area contributed by atoms with Gasteiger partial charge in [-0.2, -0.15) is 0 Å². The van der Waals surface area contributed by atoms with E-state index >= 15 is 0 Å². The number of rotatable bonds is 4. The molecule has 14 rings (SSSR count). The Balaban J connectivity index is 1.11. The van der Waals surface area contributed by atoms with Crippen LogP contribution in [-0.4, -0.2) is 11.4 Å². The molecule has 2 aliphatic heterocycles. The highest BCUT2D eigenvalue weighted by Crippen LogP contribution is 2.53. The maximum absolute atomic E-state index is 7.33. The van der Waals surface area contributed by atoms with E-state index in [-0.39, 0.29) is 33.9 Å². The number of anilines is 5. The van der Waals surface area contributed by atoms with E-state index in [1.807, 2.05) is 0 Å². The summed E-state index contributed by atoms with van der Waals surface area (Å²) in [5.41, 5.74) is 24.0. The van der Waals surface area contributed by atoms with Gasteiger partial charge in [-0.1, -0.05) is 177 Å². The Labute approximate surface area is 471 Å². The number of fused-ring (bicyclic) bond motifs is 16. The van der Waals surface area contributed by atoms with Crippen LogP contribution in [0.3, 0.4) is 0 Å². The number of hydrogen-bond donors (Lipinski definition) is 0. The summed E-state index contributed by atoms with van der Waals surface area (Å²) in [4.78, 5) is 5.04. The maximum Gasteiger partial charge on any atom is 0.333 e. The fraction of sp³-hybridized carbons (Fsp3) is 0.270. The van der Waals surface area contributed by atoms with Gasteiger partial charge in [0, 0.05) is 72.7 Å². The Kier molecular flexibility index (Phi) is 10.6. The van der Waals surface area contributed by atoms with Crippen LogP contribution in [0.4, 0.5) is 28.4 Å². The quantitative estimate of drug-likeness (QED) is 0.165. The van der Waals surface area contributed by atoms with Gasteiger partial charge in [0.25, 0.3) is 0 Å². The Morgan fingerprint density at radius 2 is 0.925 bits per heavy atom. The molecule has 0 unspecified atom stereocenters. The molecule has 0 atom stereocenters. The molecular weight excluding hydrogens is 974 g/mol. The Bertz CT molecular complexity index is 4470. The Hall–Kier alpha value is -7.96. The Morgan fingerprint density at radius 3 is 1.54 bits per heavy atom. The van der Waals surface area contributed by atoms with Gasteiger partial charge in [0.15, 0.2) is 0 Å². The van der Waals surface area contributed by atoms with Crippen molar-refractivity contribution in [3.8, 4) is 16.8 Å². The molecule has 0 bridgehead atoms. The van der Waals surface area contributed by atoms with Crippen molar-refractivity contribution >= 4 is 112 Å². The summed E-state index contributed by atoms with van der Waals surface area (Å²) < 4.78 is 17.1. The van der Waals surface area contributed by atoms with Crippen molar-refractivity contribution in [1.29, 1.82) is 0 Å². The average molecular weight is 1050 g/mol. The van der Waals surface area contributed by atoms with Crippen molar-refractivity contribution in [1.82, 2.24) is 4.57 Å². The maximum atomic E-state index is 7.33. The summed E-state index contributed by atoms with van der Waals surface area (Å²) in [6.45, 7) is 34.3. The van der Waals surface area contributed by atoms with Gasteiger partial charge >= 0.3 is 6.85 Å². The lowest BCUT2D eigenvalue weighted by Crippen LogP contribution is -2.60. The van der Waals surface area contributed by atoms with Crippen LogP contribution >= 0.6 is 0 Å². The predicted molar refractivity (Wildman–Crippen MR) is 343 cm³/mol. The SMILES string of the molecule is CC(C)(C)c1ccc(N2B3c4cc(C(C)(C)C)ccc4-n4c5ccc(C(C)(C)C)cc5c5c6oc7ccccc7c6c(c3c54)-c3cc4c(cc32)oc2ccc(N(c3ccc(C(C)(C)C)cc3)c3ccc(C(C)(C)C)cc3)cc24)cc1.